The van der Waals surface area contributed by atoms with Gasteiger partial charge in [0.1, 0.15) is 12.4 Å². The number of benzene rings is 2. The van der Waals surface area contributed by atoms with E-state index in [1.54, 1.807) is 0 Å². The molecule has 0 heterocycles. The third-order valence-corrected chi connectivity index (χ3v) is 3.90. The average Bonchev–Trinajstić information content (AvgIpc) is 3.02. The van der Waals surface area contributed by atoms with Gasteiger partial charge in [0.25, 0.3) is 0 Å². The number of nitrogens with two attached hydrogens (primary N) is 1. The van der Waals surface area contributed by atoms with Crippen LogP contribution in [0.5, 0.6) is 5.75 Å². The zero-order valence-corrected chi connectivity index (χ0v) is 15.9. The number of fused-ring (bicyclic) bond motifs is 1. The van der Waals surface area contributed by atoms with Crippen LogP contribution in [0.15, 0.2) is 41.4 Å². The molecular weight excluding hydrogens is 439 g/mol. The van der Waals surface area contributed by atoms with Crippen LogP contribution in [0.25, 0.3) is 0 Å². The molecule has 2 aromatic carbocycles. The van der Waals surface area contributed by atoms with Crippen molar-refractivity contribution in [1.82, 2.24) is 0 Å². The number of halogens is 3. The first-order chi connectivity index (χ1) is 11.6. The summed E-state index contributed by atoms with van der Waals surface area (Å²) < 4.78 is 31.2. The first kappa shape index (κ1) is 19.4. The Morgan fingerprint density at radius 1 is 1.08 bits per heavy atom. The van der Waals surface area contributed by atoms with Gasteiger partial charge in [0.15, 0.2) is 17.6 Å². The van der Waals surface area contributed by atoms with E-state index in [4.69, 9.17) is 10.5 Å². The number of aliphatic imine (C=N–C) groups is 1. The van der Waals surface area contributed by atoms with E-state index in [0.29, 0.717) is 12.5 Å². The molecule has 0 fully saturated rings. The van der Waals surface area contributed by atoms with Crippen molar-refractivity contribution in [2.24, 2.45) is 10.7 Å². The maximum absolute atomic E-state index is 13.0. The second-order valence-electron chi connectivity index (χ2n) is 5.65. The van der Waals surface area contributed by atoms with Gasteiger partial charge in [0, 0.05) is 11.8 Å². The zero-order valence-electron chi connectivity index (χ0n) is 13.6. The summed E-state index contributed by atoms with van der Waals surface area (Å²) in [4.78, 5) is 4.16. The van der Waals surface area contributed by atoms with Crippen molar-refractivity contribution in [3.05, 3.63) is 59.2 Å². The lowest BCUT2D eigenvalue weighted by atomic mass is 10.1. The summed E-state index contributed by atoms with van der Waals surface area (Å²) in [5.41, 5.74) is 9.52. The molecule has 25 heavy (non-hydrogen) atoms. The maximum Gasteiger partial charge on any atom is 0.193 e. The van der Waals surface area contributed by atoms with E-state index in [-0.39, 0.29) is 36.3 Å². The second-order valence-corrected chi connectivity index (χ2v) is 5.65. The number of ether oxygens (including phenoxy) is 1. The first-order valence-electron chi connectivity index (χ1n) is 7.88. The molecule has 4 nitrogen and oxygen atoms in total. The van der Waals surface area contributed by atoms with Gasteiger partial charge >= 0.3 is 0 Å². The molecule has 0 atom stereocenters. The lowest BCUT2D eigenvalue weighted by molar-refractivity contribution is 0.325. The minimum atomic E-state index is -0.936. The predicted molar refractivity (Wildman–Crippen MR) is 106 cm³/mol. The molecule has 0 spiro atoms. The fraction of sp³-hybridized carbons (Fsp3) is 0.278. The number of aryl methyl sites for hydroxylation is 2. The van der Waals surface area contributed by atoms with Crippen molar-refractivity contribution in [2.45, 2.75) is 19.3 Å². The molecule has 1 aliphatic carbocycles. The Labute approximate surface area is 162 Å². The van der Waals surface area contributed by atoms with Crippen LogP contribution in [-0.4, -0.2) is 19.1 Å². The van der Waals surface area contributed by atoms with E-state index >= 15 is 0 Å². The normalized spacial score (nSPS) is 13.1. The van der Waals surface area contributed by atoms with Gasteiger partial charge in [-0.05, 0) is 54.7 Å². The topological polar surface area (TPSA) is 59.6 Å². The van der Waals surface area contributed by atoms with Gasteiger partial charge < -0.3 is 15.8 Å². The molecule has 3 rings (SSSR count). The number of nitrogens with zero attached hydrogens (tertiary/aromatic N) is 1. The van der Waals surface area contributed by atoms with Crippen molar-refractivity contribution in [3.63, 3.8) is 0 Å². The zero-order chi connectivity index (χ0) is 16.9. The Balaban J connectivity index is 0.00000225. The summed E-state index contributed by atoms with van der Waals surface area (Å²) in [6.07, 6.45) is 3.44. The van der Waals surface area contributed by atoms with Crippen molar-refractivity contribution in [2.75, 3.05) is 18.5 Å². The fourth-order valence-electron chi connectivity index (χ4n) is 2.73. The van der Waals surface area contributed by atoms with E-state index in [1.165, 1.54) is 23.6 Å². The monoisotopic (exact) mass is 459 g/mol. The SMILES string of the molecule is I.NC(=NCCOc1ccc(F)c(F)c1)Nc1ccc2c(c1)CCC2. The molecule has 0 bridgehead atoms. The molecule has 134 valence electrons. The molecule has 7 heteroatoms. The third kappa shape index (κ3) is 5.29. The van der Waals surface area contributed by atoms with Crippen molar-refractivity contribution < 1.29 is 13.5 Å². The number of guanidine groups is 1. The highest BCUT2D eigenvalue weighted by Crippen LogP contribution is 2.24. The van der Waals surface area contributed by atoms with E-state index in [9.17, 15) is 8.78 Å². The first-order valence-corrected chi connectivity index (χ1v) is 7.88. The molecule has 3 N–H and O–H groups in total. The lowest BCUT2D eigenvalue weighted by Gasteiger charge is -2.08. The van der Waals surface area contributed by atoms with Crippen LogP contribution in [0.4, 0.5) is 14.5 Å². The molecular formula is C18H20F2IN3O. The summed E-state index contributed by atoms with van der Waals surface area (Å²) in [5.74, 6) is -1.28. The van der Waals surface area contributed by atoms with Gasteiger partial charge in [-0.15, -0.1) is 24.0 Å². The van der Waals surface area contributed by atoms with Crippen LogP contribution in [-0.2, 0) is 12.8 Å². The summed E-state index contributed by atoms with van der Waals surface area (Å²) in [6.45, 7) is 0.528. The van der Waals surface area contributed by atoms with E-state index in [1.807, 2.05) is 6.07 Å². The number of nitrogens with one attached hydrogen (secondary N) is 1. The van der Waals surface area contributed by atoms with Crippen LogP contribution in [0, 0.1) is 11.6 Å². The largest absolute Gasteiger partial charge is 0.492 e. The summed E-state index contributed by atoms with van der Waals surface area (Å²) in [6, 6.07) is 9.61. The Hall–Kier alpha value is -1.90. The smallest absolute Gasteiger partial charge is 0.193 e. The van der Waals surface area contributed by atoms with Gasteiger partial charge in [-0.3, -0.25) is 0 Å². The number of hydrogen-bond donors (Lipinski definition) is 2. The maximum atomic E-state index is 13.0. The Kier molecular flexibility index (Phi) is 6.98. The molecule has 0 unspecified atom stereocenters. The fourth-order valence-corrected chi connectivity index (χ4v) is 2.73. The minimum Gasteiger partial charge on any atom is -0.492 e. The highest BCUT2D eigenvalue weighted by molar-refractivity contribution is 14.0. The molecule has 0 aromatic heterocycles. The predicted octanol–water partition coefficient (Wildman–Crippen LogP) is 3.88. The molecule has 2 aromatic rings. The number of rotatable bonds is 5. The van der Waals surface area contributed by atoms with Crippen molar-refractivity contribution in [3.8, 4) is 5.75 Å². The Bertz CT molecular complexity index is 768. The quantitative estimate of drug-likeness (QED) is 0.309. The molecule has 0 aliphatic heterocycles. The van der Waals surface area contributed by atoms with Gasteiger partial charge in [0.05, 0.1) is 6.54 Å². The molecule has 0 saturated heterocycles. The third-order valence-electron chi connectivity index (χ3n) is 3.90. The number of anilines is 1. The molecule has 1 aliphatic rings. The molecule has 0 radical (unpaired) electrons. The van der Waals surface area contributed by atoms with E-state index in [2.05, 4.69) is 22.4 Å². The van der Waals surface area contributed by atoms with Gasteiger partial charge in [-0.25, -0.2) is 13.8 Å². The van der Waals surface area contributed by atoms with E-state index in [0.717, 1.165) is 30.7 Å². The highest BCUT2D eigenvalue weighted by atomic mass is 127. The van der Waals surface area contributed by atoms with Gasteiger partial charge in [-0.2, -0.15) is 0 Å². The second kappa shape index (κ2) is 8.98. The Morgan fingerprint density at radius 2 is 1.88 bits per heavy atom. The molecule has 0 amide bonds. The van der Waals surface area contributed by atoms with Crippen LogP contribution < -0.4 is 15.8 Å². The van der Waals surface area contributed by atoms with Crippen molar-refractivity contribution >= 4 is 35.6 Å². The van der Waals surface area contributed by atoms with Crippen LogP contribution in [0.3, 0.4) is 0 Å². The standard InChI is InChI=1S/C18H19F2N3O.HI/c19-16-7-6-15(11-17(16)20)24-9-8-22-18(21)23-14-5-4-12-2-1-3-13(12)10-14;/h4-7,10-11H,1-3,8-9H2,(H3,21,22,23);1H. The summed E-state index contributed by atoms with van der Waals surface area (Å²) >= 11 is 0. The van der Waals surface area contributed by atoms with Gasteiger partial charge in [-0.1, -0.05) is 6.07 Å². The van der Waals surface area contributed by atoms with Gasteiger partial charge in [0.2, 0.25) is 0 Å². The van der Waals surface area contributed by atoms with Crippen molar-refractivity contribution in [1.29, 1.82) is 0 Å². The van der Waals surface area contributed by atoms with Crippen LogP contribution >= 0.6 is 24.0 Å². The highest BCUT2D eigenvalue weighted by Gasteiger charge is 2.10. The molecule has 0 saturated carbocycles. The van der Waals surface area contributed by atoms with Crippen LogP contribution in [0.1, 0.15) is 17.5 Å². The lowest BCUT2D eigenvalue weighted by Crippen LogP contribution is -2.23. The minimum absolute atomic E-state index is 0. The van der Waals surface area contributed by atoms with Crippen LogP contribution in [0.2, 0.25) is 0 Å². The average molecular weight is 459 g/mol. The summed E-state index contributed by atoms with van der Waals surface area (Å²) in [7, 11) is 0. The summed E-state index contributed by atoms with van der Waals surface area (Å²) in [5, 5.41) is 3.05. The Morgan fingerprint density at radius 3 is 2.68 bits per heavy atom. The van der Waals surface area contributed by atoms with E-state index < -0.39 is 11.6 Å². The number of hydrogen-bond acceptors (Lipinski definition) is 2.